The van der Waals surface area contributed by atoms with E-state index >= 15 is 0 Å². The number of phenolic OH excluding ortho intramolecular Hbond substituents is 1. The molecule has 104 valence electrons. The highest BCUT2D eigenvalue weighted by Crippen LogP contribution is 2.34. The molecule has 1 N–H and O–H groups in total. The van der Waals surface area contributed by atoms with E-state index in [2.05, 4.69) is 4.90 Å². The number of carbonyl (C=O) groups is 1. The molecule has 0 saturated carbocycles. The zero-order chi connectivity index (χ0) is 13.8. The van der Waals surface area contributed by atoms with E-state index in [1.165, 1.54) is 0 Å². The molecular weight excluding hydrogens is 244 g/mol. The van der Waals surface area contributed by atoms with E-state index in [1.807, 2.05) is 13.8 Å². The minimum Gasteiger partial charge on any atom is -0.508 e. The van der Waals surface area contributed by atoms with Gasteiger partial charge >= 0.3 is 0 Å². The SMILES string of the molecule is CCN(CC)CC(=O)N1CCOc2ccc(O)cc21. The zero-order valence-corrected chi connectivity index (χ0v) is 11.4. The Morgan fingerprint density at radius 2 is 2.16 bits per heavy atom. The van der Waals surface area contributed by atoms with Gasteiger partial charge in [0.1, 0.15) is 18.1 Å². The van der Waals surface area contributed by atoms with Crippen molar-refractivity contribution in [3.8, 4) is 11.5 Å². The molecule has 5 nitrogen and oxygen atoms in total. The lowest BCUT2D eigenvalue weighted by molar-refractivity contribution is -0.119. The molecule has 0 radical (unpaired) electrons. The first-order valence-corrected chi connectivity index (χ1v) is 6.64. The molecule has 0 aliphatic carbocycles. The summed E-state index contributed by atoms with van der Waals surface area (Å²) in [6.45, 7) is 7.17. The maximum absolute atomic E-state index is 12.3. The lowest BCUT2D eigenvalue weighted by Crippen LogP contribution is -2.44. The van der Waals surface area contributed by atoms with Crippen molar-refractivity contribution in [2.45, 2.75) is 13.8 Å². The van der Waals surface area contributed by atoms with E-state index in [1.54, 1.807) is 23.1 Å². The summed E-state index contributed by atoms with van der Waals surface area (Å²) in [6, 6.07) is 4.84. The molecule has 1 aromatic carbocycles. The average Bonchev–Trinajstić information content (AvgIpc) is 2.43. The molecule has 5 heteroatoms. The fourth-order valence-electron chi connectivity index (χ4n) is 2.19. The van der Waals surface area contributed by atoms with Crippen LogP contribution >= 0.6 is 0 Å². The third kappa shape index (κ3) is 2.98. The molecule has 0 aromatic heterocycles. The first-order chi connectivity index (χ1) is 9.15. The van der Waals surface area contributed by atoms with Crippen molar-refractivity contribution in [2.75, 3.05) is 37.7 Å². The first-order valence-electron chi connectivity index (χ1n) is 6.64. The number of nitrogens with zero attached hydrogens (tertiary/aromatic N) is 2. The number of anilines is 1. The van der Waals surface area contributed by atoms with Gasteiger partial charge in [0.25, 0.3) is 0 Å². The smallest absolute Gasteiger partial charge is 0.241 e. The number of hydrogen-bond donors (Lipinski definition) is 1. The number of likely N-dealkylation sites (N-methyl/N-ethyl adjacent to an activating group) is 1. The van der Waals surface area contributed by atoms with Gasteiger partial charge in [0, 0.05) is 6.07 Å². The topological polar surface area (TPSA) is 53.0 Å². The molecule has 2 rings (SSSR count). The molecule has 0 fully saturated rings. The number of benzene rings is 1. The fraction of sp³-hybridized carbons (Fsp3) is 0.500. The Kier molecular flexibility index (Phi) is 4.27. The van der Waals surface area contributed by atoms with Crippen LogP contribution < -0.4 is 9.64 Å². The van der Waals surface area contributed by atoms with Gasteiger partial charge in [-0.1, -0.05) is 13.8 Å². The Morgan fingerprint density at radius 3 is 2.84 bits per heavy atom. The van der Waals surface area contributed by atoms with Crippen molar-refractivity contribution in [3.05, 3.63) is 18.2 Å². The minimum absolute atomic E-state index is 0.0406. The Morgan fingerprint density at radius 1 is 1.42 bits per heavy atom. The van der Waals surface area contributed by atoms with E-state index in [4.69, 9.17) is 4.74 Å². The van der Waals surface area contributed by atoms with Crippen molar-refractivity contribution in [1.29, 1.82) is 0 Å². The lowest BCUT2D eigenvalue weighted by atomic mass is 10.2. The van der Waals surface area contributed by atoms with Crippen molar-refractivity contribution in [1.82, 2.24) is 4.90 Å². The van der Waals surface area contributed by atoms with Gasteiger partial charge in [0.15, 0.2) is 0 Å². The van der Waals surface area contributed by atoms with Crippen LogP contribution in [0, 0.1) is 0 Å². The summed E-state index contributed by atoms with van der Waals surface area (Å²) in [5, 5.41) is 9.56. The van der Waals surface area contributed by atoms with Gasteiger partial charge in [-0.05, 0) is 25.2 Å². The highest BCUT2D eigenvalue weighted by atomic mass is 16.5. The Balaban J connectivity index is 2.18. The highest BCUT2D eigenvalue weighted by Gasteiger charge is 2.24. The van der Waals surface area contributed by atoms with E-state index < -0.39 is 0 Å². The second kappa shape index (κ2) is 5.93. The Labute approximate surface area is 113 Å². The lowest BCUT2D eigenvalue weighted by Gasteiger charge is -2.31. The number of amides is 1. The van der Waals surface area contributed by atoms with Crippen LogP contribution in [0.15, 0.2) is 18.2 Å². The second-order valence-corrected chi connectivity index (χ2v) is 4.51. The Hall–Kier alpha value is -1.75. The molecule has 1 amide bonds. The maximum atomic E-state index is 12.3. The number of rotatable bonds is 4. The Bertz CT molecular complexity index is 458. The summed E-state index contributed by atoms with van der Waals surface area (Å²) in [4.78, 5) is 16.1. The van der Waals surface area contributed by atoms with Crippen LogP contribution in [0.5, 0.6) is 11.5 Å². The molecule has 0 bridgehead atoms. The molecule has 1 heterocycles. The van der Waals surface area contributed by atoms with Crippen LogP contribution in [0.1, 0.15) is 13.8 Å². The number of phenols is 1. The van der Waals surface area contributed by atoms with Crippen LogP contribution in [0.3, 0.4) is 0 Å². The number of hydrogen-bond acceptors (Lipinski definition) is 4. The number of carbonyl (C=O) groups excluding carboxylic acids is 1. The van der Waals surface area contributed by atoms with Crippen LogP contribution in [-0.2, 0) is 4.79 Å². The number of ether oxygens (including phenoxy) is 1. The van der Waals surface area contributed by atoms with Crippen LogP contribution in [-0.4, -0.2) is 48.7 Å². The monoisotopic (exact) mass is 264 g/mol. The van der Waals surface area contributed by atoms with E-state index in [0.29, 0.717) is 31.1 Å². The quantitative estimate of drug-likeness (QED) is 0.894. The molecule has 0 saturated heterocycles. The van der Waals surface area contributed by atoms with E-state index in [9.17, 15) is 9.90 Å². The van der Waals surface area contributed by atoms with E-state index in [-0.39, 0.29) is 11.7 Å². The van der Waals surface area contributed by atoms with Gasteiger partial charge in [-0.3, -0.25) is 9.69 Å². The van der Waals surface area contributed by atoms with Gasteiger partial charge in [0.05, 0.1) is 18.8 Å². The third-order valence-corrected chi connectivity index (χ3v) is 3.36. The minimum atomic E-state index is 0.0406. The molecule has 1 aromatic rings. The summed E-state index contributed by atoms with van der Waals surface area (Å²) < 4.78 is 5.50. The summed E-state index contributed by atoms with van der Waals surface area (Å²) in [5.41, 5.74) is 0.656. The molecular formula is C14H20N2O3. The van der Waals surface area contributed by atoms with Crippen LogP contribution in [0.2, 0.25) is 0 Å². The molecule has 1 aliphatic rings. The summed E-state index contributed by atoms with van der Waals surface area (Å²) in [6.07, 6.45) is 0. The summed E-state index contributed by atoms with van der Waals surface area (Å²) >= 11 is 0. The number of fused-ring (bicyclic) bond motifs is 1. The van der Waals surface area contributed by atoms with Crippen LogP contribution in [0.4, 0.5) is 5.69 Å². The normalized spacial score (nSPS) is 14.2. The van der Waals surface area contributed by atoms with Gasteiger partial charge in [-0.15, -0.1) is 0 Å². The van der Waals surface area contributed by atoms with Crippen molar-refractivity contribution < 1.29 is 14.6 Å². The largest absolute Gasteiger partial charge is 0.508 e. The van der Waals surface area contributed by atoms with Crippen molar-refractivity contribution in [2.24, 2.45) is 0 Å². The fourth-order valence-corrected chi connectivity index (χ4v) is 2.19. The zero-order valence-electron chi connectivity index (χ0n) is 11.4. The van der Waals surface area contributed by atoms with Crippen molar-refractivity contribution >= 4 is 11.6 Å². The molecule has 0 atom stereocenters. The van der Waals surface area contributed by atoms with Gasteiger partial charge in [-0.2, -0.15) is 0 Å². The van der Waals surface area contributed by atoms with E-state index in [0.717, 1.165) is 13.1 Å². The number of aromatic hydroxyl groups is 1. The molecule has 19 heavy (non-hydrogen) atoms. The summed E-state index contributed by atoms with van der Waals surface area (Å²) in [5.74, 6) is 0.834. The summed E-state index contributed by atoms with van der Waals surface area (Å²) in [7, 11) is 0. The predicted octanol–water partition coefficient (Wildman–Crippen LogP) is 1.46. The average molecular weight is 264 g/mol. The maximum Gasteiger partial charge on any atom is 0.241 e. The van der Waals surface area contributed by atoms with Crippen molar-refractivity contribution in [3.63, 3.8) is 0 Å². The van der Waals surface area contributed by atoms with Gasteiger partial charge in [0.2, 0.25) is 5.91 Å². The molecule has 0 spiro atoms. The first kappa shape index (κ1) is 13.7. The third-order valence-electron chi connectivity index (χ3n) is 3.36. The standard InChI is InChI=1S/C14H20N2O3/c1-3-15(4-2)10-14(18)16-7-8-19-13-6-5-11(17)9-12(13)16/h5-6,9,17H,3-4,7-8,10H2,1-2H3. The highest BCUT2D eigenvalue weighted by molar-refractivity contribution is 5.96. The van der Waals surface area contributed by atoms with Gasteiger partial charge < -0.3 is 14.7 Å². The van der Waals surface area contributed by atoms with Crippen LogP contribution in [0.25, 0.3) is 0 Å². The second-order valence-electron chi connectivity index (χ2n) is 4.51. The molecule has 0 unspecified atom stereocenters. The van der Waals surface area contributed by atoms with Gasteiger partial charge in [-0.25, -0.2) is 0 Å². The molecule has 1 aliphatic heterocycles. The predicted molar refractivity (Wildman–Crippen MR) is 73.7 cm³/mol.